The number of hydrogen-bond donors (Lipinski definition) is 0. The van der Waals surface area contributed by atoms with Crippen LogP contribution in [0.1, 0.15) is 23.2 Å². The molecule has 0 bridgehead atoms. The molecule has 1 aromatic carbocycles. The van der Waals surface area contributed by atoms with Gasteiger partial charge in [-0.15, -0.1) is 0 Å². The minimum atomic E-state index is -0.505. The number of hydrogen-bond acceptors (Lipinski definition) is 6. The molecule has 142 valence electrons. The maximum absolute atomic E-state index is 12.5. The molecule has 4 rings (SSSR count). The maximum atomic E-state index is 12.5. The largest absolute Gasteiger partial charge is 0.465 e. The van der Waals surface area contributed by atoms with Gasteiger partial charge in [0.1, 0.15) is 0 Å². The predicted molar refractivity (Wildman–Crippen MR) is 99.8 cm³/mol. The number of methoxy groups -OCH3 is 1. The third kappa shape index (κ3) is 3.06. The van der Waals surface area contributed by atoms with Crippen molar-refractivity contribution in [3.63, 3.8) is 0 Å². The molecule has 0 unspecified atom stereocenters. The molecule has 2 aliphatic rings. The quantitative estimate of drug-likeness (QED) is 0.751. The van der Waals surface area contributed by atoms with Crippen molar-refractivity contribution in [2.75, 3.05) is 32.1 Å². The highest BCUT2D eigenvalue weighted by Crippen LogP contribution is 2.37. The van der Waals surface area contributed by atoms with Crippen LogP contribution in [0.3, 0.4) is 0 Å². The summed E-state index contributed by atoms with van der Waals surface area (Å²) >= 11 is 5.95. The molecule has 1 amide bonds. The highest BCUT2D eigenvalue weighted by molar-refractivity contribution is 6.30. The average Bonchev–Trinajstić information content (AvgIpc) is 3.23. The van der Waals surface area contributed by atoms with Crippen molar-refractivity contribution in [1.29, 1.82) is 0 Å². The summed E-state index contributed by atoms with van der Waals surface area (Å²) in [4.78, 5) is 28.3. The zero-order valence-corrected chi connectivity index (χ0v) is 15.9. The van der Waals surface area contributed by atoms with Gasteiger partial charge in [0.25, 0.3) is 0 Å². The number of rotatable bonds is 3. The number of likely N-dealkylation sites (tertiary alicyclic amines) is 1. The molecule has 27 heavy (non-hydrogen) atoms. The van der Waals surface area contributed by atoms with E-state index in [1.807, 2.05) is 11.9 Å². The second-order valence-electron chi connectivity index (χ2n) is 6.98. The number of likely N-dealkylation sites (N-methyl/N-ethyl adjacent to an activating group) is 1. The molecule has 0 spiro atoms. The molecule has 0 saturated carbocycles. The fraction of sp³-hybridized carbons (Fsp3) is 0.421. The zero-order chi connectivity index (χ0) is 19.1. The second-order valence-corrected chi connectivity index (χ2v) is 7.42. The summed E-state index contributed by atoms with van der Waals surface area (Å²) in [5, 5.41) is 4.77. The van der Waals surface area contributed by atoms with Gasteiger partial charge in [-0.2, -0.15) is 0 Å². The van der Waals surface area contributed by atoms with Gasteiger partial charge in [-0.3, -0.25) is 4.79 Å². The monoisotopic (exact) mass is 389 g/mol. The highest BCUT2D eigenvalue weighted by Gasteiger charge is 2.42. The number of carbonyl (C=O) groups excluding carboxylic acids is 2. The van der Waals surface area contributed by atoms with E-state index in [1.54, 1.807) is 29.2 Å². The molecule has 0 N–H and O–H groups in total. The molecule has 2 fully saturated rings. The van der Waals surface area contributed by atoms with E-state index >= 15 is 0 Å². The number of benzene rings is 1. The van der Waals surface area contributed by atoms with Gasteiger partial charge in [-0.1, -0.05) is 16.8 Å². The number of esters is 1. The van der Waals surface area contributed by atoms with E-state index in [9.17, 15) is 9.59 Å². The molecule has 0 aliphatic carbocycles. The first-order chi connectivity index (χ1) is 13.0. The molecule has 2 atom stereocenters. The number of piperidine rings is 1. The van der Waals surface area contributed by atoms with Gasteiger partial charge < -0.3 is 19.1 Å². The summed E-state index contributed by atoms with van der Waals surface area (Å²) in [5.74, 6) is 0.823. The van der Waals surface area contributed by atoms with Crippen molar-refractivity contribution < 1.29 is 18.8 Å². The third-order valence-corrected chi connectivity index (χ3v) is 5.77. The topological polar surface area (TPSA) is 75.9 Å². The van der Waals surface area contributed by atoms with Crippen LogP contribution in [0.5, 0.6) is 0 Å². The molecule has 8 heteroatoms. The van der Waals surface area contributed by atoms with Crippen molar-refractivity contribution in [3.05, 3.63) is 34.9 Å². The fourth-order valence-electron chi connectivity index (χ4n) is 3.98. The van der Waals surface area contributed by atoms with Crippen LogP contribution in [-0.4, -0.2) is 55.2 Å². The maximum Gasteiger partial charge on any atom is 0.345 e. The standard InChI is InChI=1S/C19H20ClN3O4/c1-22-14-10-23(8-7-12(14)9-15(22)24)18-16(19(25)26-2)17(27-21-18)11-3-5-13(20)6-4-11/h3-6,12,14H,7-10H2,1-2H3/t12-,14-/m1/s1. The Balaban J connectivity index is 1.70. The molecule has 1 aromatic heterocycles. The summed E-state index contributed by atoms with van der Waals surface area (Å²) in [6, 6.07) is 7.12. The smallest absolute Gasteiger partial charge is 0.345 e. The fourth-order valence-corrected chi connectivity index (χ4v) is 4.11. The van der Waals surface area contributed by atoms with E-state index < -0.39 is 5.97 Å². The number of anilines is 1. The number of halogens is 1. The number of amides is 1. The summed E-state index contributed by atoms with van der Waals surface area (Å²) in [6.07, 6.45) is 1.46. The Hall–Kier alpha value is -2.54. The molecule has 2 aromatic rings. The van der Waals surface area contributed by atoms with Crippen molar-refractivity contribution in [1.82, 2.24) is 10.1 Å². The van der Waals surface area contributed by atoms with Crippen LogP contribution in [0.15, 0.2) is 28.8 Å². The number of nitrogens with zero attached hydrogens (tertiary/aromatic N) is 3. The molecule has 0 radical (unpaired) electrons. The molecular formula is C19H20ClN3O4. The summed E-state index contributed by atoms with van der Waals surface area (Å²) < 4.78 is 10.5. The lowest BCUT2D eigenvalue weighted by Crippen LogP contribution is -2.48. The summed E-state index contributed by atoms with van der Waals surface area (Å²) in [7, 11) is 3.17. The Labute approximate surface area is 161 Å². The van der Waals surface area contributed by atoms with Crippen molar-refractivity contribution in [2.45, 2.75) is 18.9 Å². The minimum Gasteiger partial charge on any atom is -0.465 e. The third-order valence-electron chi connectivity index (χ3n) is 5.52. The Morgan fingerprint density at radius 2 is 2.07 bits per heavy atom. The zero-order valence-electron chi connectivity index (χ0n) is 15.1. The average molecular weight is 390 g/mol. The lowest BCUT2D eigenvalue weighted by atomic mass is 9.92. The Morgan fingerprint density at radius 1 is 1.33 bits per heavy atom. The van der Waals surface area contributed by atoms with Gasteiger partial charge in [0.2, 0.25) is 5.91 Å². The number of carbonyl (C=O) groups is 2. The predicted octanol–water partition coefficient (Wildman–Crippen LogP) is 2.84. The number of ether oxygens (including phenoxy) is 1. The Morgan fingerprint density at radius 3 is 2.78 bits per heavy atom. The van der Waals surface area contributed by atoms with Crippen molar-refractivity contribution >= 4 is 29.3 Å². The SMILES string of the molecule is COC(=O)c1c(N2CC[C@@H]3CC(=O)N(C)[C@@H]3C2)noc1-c1ccc(Cl)cc1. The van der Waals surface area contributed by atoms with Gasteiger partial charge >= 0.3 is 5.97 Å². The van der Waals surface area contributed by atoms with Gasteiger partial charge in [-0.25, -0.2) is 4.79 Å². The second kappa shape index (κ2) is 6.88. The van der Waals surface area contributed by atoms with Crippen LogP contribution in [-0.2, 0) is 9.53 Å². The normalized spacial score (nSPS) is 22.1. The number of fused-ring (bicyclic) bond motifs is 1. The van der Waals surface area contributed by atoms with Crippen LogP contribution in [0.25, 0.3) is 11.3 Å². The van der Waals surface area contributed by atoms with Gasteiger partial charge in [0, 0.05) is 37.1 Å². The lowest BCUT2D eigenvalue weighted by molar-refractivity contribution is -0.127. The van der Waals surface area contributed by atoms with Gasteiger partial charge in [-0.05, 0) is 36.6 Å². The molecule has 2 aliphatic heterocycles. The number of aromatic nitrogens is 1. The van der Waals surface area contributed by atoms with E-state index in [0.29, 0.717) is 53.2 Å². The lowest BCUT2D eigenvalue weighted by Gasteiger charge is -2.37. The van der Waals surface area contributed by atoms with E-state index in [2.05, 4.69) is 5.16 Å². The van der Waals surface area contributed by atoms with E-state index in [0.717, 1.165) is 6.42 Å². The first-order valence-electron chi connectivity index (χ1n) is 8.84. The Bertz CT molecular complexity index is 880. The van der Waals surface area contributed by atoms with Crippen molar-refractivity contribution in [3.8, 4) is 11.3 Å². The van der Waals surface area contributed by atoms with E-state index in [1.165, 1.54) is 7.11 Å². The molecule has 2 saturated heterocycles. The molecule has 3 heterocycles. The van der Waals surface area contributed by atoms with Crippen molar-refractivity contribution in [2.24, 2.45) is 5.92 Å². The van der Waals surface area contributed by atoms with E-state index in [-0.39, 0.29) is 11.9 Å². The minimum absolute atomic E-state index is 0.118. The van der Waals surface area contributed by atoms with Crippen LogP contribution >= 0.6 is 11.6 Å². The Kier molecular flexibility index (Phi) is 4.55. The van der Waals surface area contributed by atoms with Gasteiger partial charge in [0.15, 0.2) is 17.1 Å². The van der Waals surface area contributed by atoms with Crippen LogP contribution in [0.2, 0.25) is 5.02 Å². The first-order valence-corrected chi connectivity index (χ1v) is 9.22. The van der Waals surface area contributed by atoms with Crippen LogP contribution in [0.4, 0.5) is 5.82 Å². The summed E-state index contributed by atoms with van der Waals surface area (Å²) in [6.45, 7) is 1.32. The van der Waals surface area contributed by atoms with Crippen LogP contribution < -0.4 is 4.90 Å². The molecule has 7 nitrogen and oxygen atoms in total. The summed E-state index contributed by atoms with van der Waals surface area (Å²) in [5.41, 5.74) is 0.992. The molecular weight excluding hydrogens is 370 g/mol. The highest BCUT2D eigenvalue weighted by atomic mass is 35.5. The van der Waals surface area contributed by atoms with E-state index in [4.69, 9.17) is 20.9 Å². The van der Waals surface area contributed by atoms with Crippen LogP contribution in [0, 0.1) is 5.92 Å². The van der Waals surface area contributed by atoms with Gasteiger partial charge in [0.05, 0.1) is 13.2 Å². The first kappa shape index (κ1) is 17.9.